The first-order chi connectivity index (χ1) is 7.22. The maximum atomic E-state index is 11.0. The molecule has 4 heteroatoms. The van der Waals surface area contributed by atoms with Crippen molar-refractivity contribution in [2.75, 3.05) is 18.6 Å². The van der Waals surface area contributed by atoms with Crippen LogP contribution in [-0.2, 0) is 6.42 Å². The predicted molar refractivity (Wildman–Crippen MR) is 56.7 cm³/mol. The molecule has 0 saturated carbocycles. The Bertz CT molecular complexity index is 389. The van der Waals surface area contributed by atoms with Gasteiger partial charge < -0.3 is 9.84 Å². The van der Waals surface area contributed by atoms with Crippen molar-refractivity contribution in [3.8, 4) is 5.75 Å². The molecule has 1 aromatic rings. The zero-order valence-corrected chi connectivity index (χ0v) is 8.56. The van der Waals surface area contributed by atoms with Gasteiger partial charge >= 0.3 is 6.09 Å². The predicted octanol–water partition coefficient (Wildman–Crippen LogP) is 2.13. The molecule has 0 aliphatic carbocycles. The fraction of sp³-hybridized carbons (Fsp3) is 0.364. The highest BCUT2D eigenvalue weighted by Gasteiger charge is 2.22. The third kappa shape index (κ3) is 1.75. The minimum absolute atomic E-state index is 0.565. The molecule has 0 unspecified atom stereocenters. The molecule has 1 aliphatic heterocycles. The number of fused-ring (bicyclic) bond motifs is 1. The first kappa shape index (κ1) is 9.83. The first-order valence-corrected chi connectivity index (χ1v) is 4.90. The molecule has 0 radical (unpaired) electrons. The molecule has 4 nitrogen and oxygen atoms in total. The number of rotatable bonds is 1. The van der Waals surface area contributed by atoms with E-state index in [1.807, 2.05) is 12.1 Å². The minimum atomic E-state index is -0.899. The summed E-state index contributed by atoms with van der Waals surface area (Å²) in [5, 5.41) is 9.03. The van der Waals surface area contributed by atoms with E-state index in [1.165, 1.54) is 4.90 Å². The van der Waals surface area contributed by atoms with Gasteiger partial charge in [0.05, 0.1) is 12.8 Å². The summed E-state index contributed by atoms with van der Waals surface area (Å²) in [6.45, 7) is 0.565. The third-order valence-corrected chi connectivity index (χ3v) is 2.64. The lowest BCUT2D eigenvalue weighted by atomic mass is 10.0. The standard InChI is InChI=1S/C11H13NO3/c1-15-9-5-4-8-3-2-6-12(11(13)14)10(8)7-9/h4-5,7H,2-3,6H2,1H3,(H,13,14). The molecule has 0 saturated heterocycles. The van der Waals surface area contributed by atoms with E-state index in [-0.39, 0.29) is 0 Å². The van der Waals surface area contributed by atoms with Gasteiger partial charge in [0.1, 0.15) is 5.75 Å². The van der Waals surface area contributed by atoms with Gasteiger partial charge in [-0.05, 0) is 24.5 Å². The van der Waals surface area contributed by atoms with E-state index in [1.54, 1.807) is 13.2 Å². The highest BCUT2D eigenvalue weighted by Crippen LogP contribution is 2.30. The average molecular weight is 207 g/mol. The fourth-order valence-corrected chi connectivity index (χ4v) is 1.88. The van der Waals surface area contributed by atoms with Gasteiger partial charge in [0.25, 0.3) is 0 Å². The third-order valence-electron chi connectivity index (χ3n) is 2.64. The molecule has 0 bridgehead atoms. The van der Waals surface area contributed by atoms with E-state index in [0.717, 1.165) is 24.1 Å². The van der Waals surface area contributed by atoms with Crippen molar-refractivity contribution in [1.82, 2.24) is 0 Å². The van der Waals surface area contributed by atoms with Crippen LogP contribution in [0.5, 0.6) is 5.75 Å². The molecule has 0 atom stereocenters. The van der Waals surface area contributed by atoms with Crippen molar-refractivity contribution in [3.05, 3.63) is 23.8 Å². The van der Waals surface area contributed by atoms with Gasteiger partial charge in [-0.3, -0.25) is 4.90 Å². The normalized spacial score (nSPS) is 14.6. The van der Waals surface area contributed by atoms with Crippen LogP contribution < -0.4 is 9.64 Å². The number of methoxy groups -OCH3 is 1. The second kappa shape index (κ2) is 3.81. The monoisotopic (exact) mass is 207 g/mol. The van der Waals surface area contributed by atoms with Crippen LogP contribution >= 0.6 is 0 Å². The van der Waals surface area contributed by atoms with Crippen LogP contribution in [0.4, 0.5) is 10.5 Å². The summed E-state index contributed by atoms with van der Waals surface area (Å²) in [5.74, 6) is 0.696. The van der Waals surface area contributed by atoms with Crippen molar-refractivity contribution in [1.29, 1.82) is 0 Å². The van der Waals surface area contributed by atoms with Crippen molar-refractivity contribution in [2.24, 2.45) is 0 Å². The van der Waals surface area contributed by atoms with E-state index < -0.39 is 6.09 Å². The molecule has 1 amide bonds. The Kier molecular flexibility index (Phi) is 2.49. The maximum Gasteiger partial charge on any atom is 0.411 e. The molecule has 1 aromatic carbocycles. The number of carboxylic acid groups (broad SMARTS) is 1. The summed E-state index contributed by atoms with van der Waals surface area (Å²) in [7, 11) is 1.58. The minimum Gasteiger partial charge on any atom is -0.497 e. The largest absolute Gasteiger partial charge is 0.497 e. The number of aryl methyl sites for hydroxylation is 1. The van der Waals surface area contributed by atoms with E-state index >= 15 is 0 Å². The van der Waals surface area contributed by atoms with Crippen LogP contribution in [0.3, 0.4) is 0 Å². The summed E-state index contributed by atoms with van der Waals surface area (Å²) in [6, 6.07) is 5.58. The van der Waals surface area contributed by atoms with Crippen LogP contribution in [0.15, 0.2) is 18.2 Å². The number of benzene rings is 1. The Morgan fingerprint density at radius 1 is 1.53 bits per heavy atom. The van der Waals surface area contributed by atoms with Crippen molar-refractivity contribution in [3.63, 3.8) is 0 Å². The van der Waals surface area contributed by atoms with Gasteiger partial charge in [0, 0.05) is 12.6 Å². The van der Waals surface area contributed by atoms with Gasteiger partial charge in [-0.1, -0.05) is 6.07 Å². The van der Waals surface area contributed by atoms with Gasteiger partial charge in [-0.25, -0.2) is 4.79 Å². The Morgan fingerprint density at radius 2 is 2.33 bits per heavy atom. The Balaban J connectivity index is 2.43. The Morgan fingerprint density at radius 3 is 3.00 bits per heavy atom. The quantitative estimate of drug-likeness (QED) is 0.767. The van der Waals surface area contributed by atoms with Gasteiger partial charge in [-0.15, -0.1) is 0 Å². The molecule has 1 aliphatic rings. The molecular formula is C11H13NO3. The topological polar surface area (TPSA) is 49.8 Å². The number of hydrogen-bond donors (Lipinski definition) is 1. The lowest BCUT2D eigenvalue weighted by molar-refractivity contribution is 0.201. The highest BCUT2D eigenvalue weighted by molar-refractivity contribution is 5.88. The van der Waals surface area contributed by atoms with Gasteiger partial charge in [0.2, 0.25) is 0 Å². The summed E-state index contributed by atoms with van der Waals surface area (Å²) in [6.07, 6.45) is 0.915. The lowest BCUT2D eigenvalue weighted by Gasteiger charge is -2.27. The zero-order valence-electron chi connectivity index (χ0n) is 8.56. The molecule has 2 rings (SSSR count). The first-order valence-electron chi connectivity index (χ1n) is 4.90. The molecule has 0 fully saturated rings. The Labute approximate surface area is 88.1 Å². The van der Waals surface area contributed by atoms with Gasteiger partial charge in [-0.2, -0.15) is 0 Å². The van der Waals surface area contributed by atoms with E-state index in [0.29, 0.717) is 12.3 Å². The molecule has 0 aromatic heterocycles. The second-order valence-corrected chi connectivity index (χ2v) is 3.53. The number of anilines is 1. The summed E-state index contributed by atoms with van der Waals surface area (Å²) in [4.78, 5) is 12.4. The average Bonchev–Trinajstić information content (AvgIpc) is 2.27. The summed E-state index contributed by atoms with van der Waals surface area (Å²) in [5.41, 5.74) is 1.83. The Hall–Kier alpha value is -1.71. The van der Waals surface area contributed by atoms with E-state index in [9.17, 15) is 4.79 Å². The van der Waals surface area contributed by atoms with Crippen molar-refractivity contribution < 1.29 is 14.6 Å². The van der Waals surface area contributed by atoms with Crippen LogP contribution in [0.25, 0.3) is 0 Å². The molecule has 1 N–H and O–H groups in total. The number of amides is 1. The number of nitrogens with zero attached hydrogens (tertiary/aromatic N) is 1. The summed E-state index contributed by atoms with van der Waals surface area (Å²) >= 11 is 0. The molecular weight excluding hydrogens is 194 g/mol. The molecule has 1 heterocycles. The van der Waals surface area contributed by atoms with Crippen LogP contribution in [-0.4, -0.2) is 24.9 Å². The maximum absolute atomic E-state index is 11.0. The van der Waals surface area contributed by atoms with Crippen LogP contribution in [0, 0.1) is 0 Å². The number of ether oxygens (including phenoxy) is 1. The lowest BCUT2D eigenvalue weighted by Crippen LogP contribution is -2.34. The summed E-state index contributed by atoms with van der Waals surface area (Å²) < 4.78 is 5.09. The van der Waals surface area contributed by atoms with Crippen molar-refractivity contribution >= 4 is 11.8 Å². The van der Waals surface area contributed by atoms with Crippen molar-refractivity contribution in [2.45, 2.75) is 12.8 Å². The molecule has 0 spiro atoms. The highest BCUT2D eigenvalue weighted by atomic mass is 16.5. The van der Waals surface area contributed by atoms with Crippen LogP contribution in [0.2, 0.25) is 0 Å². The number of hydrogen-bond acceptors (Lipinski definition) is 2. The molecule has 80 valence electrons. The second-order valence-electron chi connectivity index (χ2n) is 3.53. The fourth-order valence-electron chi connectivity index (χ4n) is 1.88. The van der Waals surface area contributed by atoms with E-state index in [4.69, 9.17) is 9.84 Å². The van der Waals surface area contributed by atoms with E-state index in [2.05, 4.69) is 0 Å². The van der Waals surface area contributed by atoms with Gasteiger partial charge in [0.15, 0.2) is 0 Å². The SMILES string of the molecule is COc1ccc2c(c1)N(C(=O)O)CCC2. The zero-order chi connectivity index (χ0) is 10.8. The smallest absolute Gasteiger partial charge is 0.411 e. The molecule has 15 heavy (non-hydrogen) atoms. The number of carbonyl (C=O) groups is 1. The van der Waals surface area contributed by atoms with Crippen LogP contribution in [0.1, 0.15) is 12.0 Å².